The number of hydrogen-bond acceptors (Lipinski definition) is 6. The van der Waals surface area contributed by atoms with Gasteiger partial charge in [-0.2, -0.15) is 5.26 Å². The lowest BCUT2D eigenvalue weighted by Gasteiger charge is -2.37. The second-order valence-corrected chi connectivity index (χ2v) is 10.1. The highest BCUT2D eigenvalue weighted by atomic mass is 16.1. The molecule has 0 saturated carbocycles. The minimum absolute atomic E-state index is 0.106. The highest BCUT2D eigenvalue weighted by molar-refractivity contribution is 5.97. The largest absolute Gasteiger partial charge is 0.399 e. The predicted molar refractivity (Wildman–Crippen MR) is 152 cm³/mol. The quantitative estimate of drug-likeness (QED) is 0.231. The molecule has 0 radical (unpaired) electrons. The van der Waals surface area contributed by atoms with Crippen LogP contribution in [0.5, 0.6) is 0 Å². The molecule has 0 spiro atoms. The number of likely N-dealkylation sites (tertiary alicyclic amines) is 1. The molecule has 0 aromatic heterocycles. The summed E-state index contributed by atoms with van der Waals surface area (Å²) in [5.41, 5.74) is 24.7. The topological polar surface area (TPSA) is 147 Å². The number of amidine groups is 1. The lowest BCUT2D eigenvalue weighted by atomic mass is 9.68. The summed E-state index contributed by atoms with van der Waals surface area (Å²) in [4.78, 5) is 18.6. The number of aliphatic imine (C=N–C) groups is 1. The Bertz CT molecular complexity index is 1270. The number of hydrogen-bond donors (Lipinski definition) is 4. The van der Waals surface area contributed by atoms with Crippen LogP contribution in [-0.4, -0.2) is 49.4 Å². The number of carbonyl (C=O) groups is 1. The van der Waals surface area contributed by atoms with E-state index < -0.39 is 11.3 Å². The maximum absolute atomic E-state index is 12.0. The zero-order valence-corrected chi connectivity index (χ0v) is 22.1. The van der Waals surface area contributed by atoms with Gasteiger partial charge in [0.25, 0.3) is 0 Å². The van der Waals surface area contributed by atoms with Crippen LogP contribution in [0.15, 0.2) is 60.2 Å². The van der Waals surface area contributed by atoms with Gasteiger partial charge in [0.2, 0.25) is 5.91 Å². The lowest BCUT2D eigenvalue weighted by Crippen LogP contribution is -2.45. The van der Waals surface area contributed by atoms with E-state index in [0.29, 0.717) is 36.6 Å². The highest BCUT2D eigenvalue weighted by Gasteiger charge is 2.42. The summed E-state index contributed by atoms with van der Waals surface area (Å²) in [5, 5.41) is 13.0. The molecule has 8 nitrogen and oxygen atoms in total. The van der Waals surface area contributed by atoms with Crippen LogP contribution in [-0.2, 0) is 18.3 Å². The lowest BCUT2D eigenvalue weighted by molar-refractivity contribution is 0.1000. The van der Waals surface area contributed by atoms with E-state index in [0.717, 1.165) is 65.7 Å². The van der Waals surface area contributed by atoms with E-state index in [9.17, 15) is 10.1 Å². The van der Waals surface area contributed by atoms with Gasteiger partial charge in [-0.1, -0.05) is 31.4 Å². The smallest absolute Gasteiger partial charge is 0.248 e. The SMILES string of the molecule is C=C(N)c1ccc2c(c1)CCc1cc(C(N)=O)ccc1C2(CCNCC(=C)N1CCCC1C#N)C(N)=NC. The first-order valence-corrected chi connectivity index (χ1v) is 13.0. The number of nitrogens with two attached hydrogens (primary N) is 3. The van der Waals surface area contributed by atoms with Crippen molar-refractivity contribution in [2.45, 2.75) is 43.6 Å². The van der Waals surface area contributed by atoms with Crippen molar-refractivity contribution in [1.82, 2.24) is 10.2 Å². The van der Waals surface area contributed by atoms with Crippen LogP contribution in [0.3, 0.4) is 0 Å². The van der Waals surface area contributed by atoms with Crippen molar-refractivity contribution in [3.05, 3.63) is 88.6 Å². The first-order valence-electron chi connectivity index (χ1n) is 13.0. The Morgan fingerprint density at radius 1 is 1.13 bits per heavy atom. The molecule has 1 amide bonds. The molecule has 2 aromatic rings. The van der Waals surface area contributed by atoms with Gasteiger partial charge in [-0.15, -0.1) is 0 Å². The molecule has 1 saturated heterocycles. The second-order valence-electron chi connectivity index (χ2n) is 10.1. The van der Waals surface area contributed by atoms with Crippen molar-refractivity contribution in [2.24, 2.45) is 22.2 Å². The number of nitriles is 1. The molecule has 38 heavy (non-hydrogen) atoms. The zero-order valence-electron chi connectivity index (χ0n) is 22.1. The summed E-state index contributed by atoms with van der Waals surface area (Å²) in [6.45, 7) is 10.2. The molecule has 2 aromatic carbocycles. The normalized spacial score (nSPS) is 20.7. The van der Waals surface area contributed by atoms with Crippen LogP contribution < -0.4 is 22.5 Å². The van der Waals surface area contributed by atoms with Gasteiger partial charge in [0, 0.05) is 37.1 Å². The Balaban J connectivity index is 1.73. The number of carbonyl (C=O) groups excluding carboxylic acids is 1. The molecule has 7 N–H and O–H groups in total. The number of rotatable bonds is 9. The van der Waals surface area contributed by atoms with Crippen molar-refractivity contribution in [1.29, 1.82) is 5.26 Å². The Morgan fingerprint density at radius 2 is 1.76 bits per heavy atom. The molecule has 1 fully saturated rings. The number of benzene rings is 2. The van der Waals surface area contributed by atoms with Gasteiger partial charge < -0.3 is 27.4 Å². The van der Waals surface area contributed by atoms with E-state index in [1.165, 1.54) is 0 Å². The molecular weight excluding hydrogens is 474 g/mol. The van der Waals surface area contributed by atoms with E-state index in [-0.39, 0.29) is 6.04 Å². The number of primary amides is 1. The monoisotopic (exact) mass is 511 g/mol. The van der Waals surface area contributed by atoms with Crippen LogP contribution in [0.25, 0.3) is 5.70 Å². The first kappa shape index (κ1) is 27.0. The maximum atomic E-state index is 12.0. The summed E-state index contributed by atoms with van der Waals surface area (Å²) in [6, 6.07) is 14.0. The molecule has 2 unspecified atom stereocenters. The second kappa shape index (κ2) is 11.1. The van der Waals surface area contributed by atoms with Gasteiger partial charge in [0.1, 0.15) is 11.9 Å². The van der Waals surface area contributed by atoms with E-state index >= 15 is 0 Å². The molecule has 2 aliphatic rings. The van der Waals surface area contributed by atoms with Crippen molar-refractivity contribution in [3.8, 4) is 6.07 Å². The predicted octanol–water partition coefficient (Wildman–Crippen LogP) is 2.57. The van der Waals surface area contributed by atoms with Crippen LogP contribution in [0.4, 0.5) is 0 Å². The van der Waals surface area contributed by atoms with Crippen LogP contribution >= 0.6 is 0 Å². The molecule has 0 bridgehead atoms. The molecule has 1 aliphatic heterocycles. The third kappa shape index (κ3) is 4.90. The minimum atomic E-state index is -0.724. The first-order chi connectivity index (χ1) is 18.2. The van der Waals surface area contributed by atoms with Crippen LogP contribution in [0.2, 0.25) is 0 Å². The van der Waals surface area contributed by atoms with E-state index in [2.05, 4.69) is 46.6 Å². The van der Waals surface area contributed by atoms with Gasteiger partial charge in [-0.05, 0) is 84.7 Å². The molecule has 2 atom stereocenters. The summed E-state index contributed by atoms with van der Waals surface area (Å²) in [5.74, 6) is 0.0366. The van der Waals surface area contributed by atoms with Crippen LogP contribution in [0, 0.1) is 11.3 Å². The van der Waals surface area contributed by atoms with Crippen molar-refractivity contribution in [2.75, 3.05) is 26.7 Å². The number of amides is 1. The van der Waals surface area contributed by atoms with Gasteiger partial charge in [-0.25, -0.2) is 0 Å². The molecule has 8 heteroatoms. The summed E-state index contributed by atoms with van der Waals surface area (Å²) < 4.78 is 0. The van der Waals surface area contributed by atoms with Crippen molar-refractivity contribution < 1.29 is 4.79 Å². The van der Waals surface area contributed by atoms with Gasteiger partial charge in [0.05, 0.1) is 11.5 Å². The fourth-order valence-electron chi connectivity index (χ4n) is 5.95. The van der Waals surface area contributed by atoms with E-state index in [1.54, 1.807) is 13.1 Å². The minimum Gasteiger partial charge on any atom is -0.399 e. The Labute approximate surface area is 224 Å². The number of nitrogens with zero attached hydrogens (tertiary/aromatic N) is 3. The molecular formula is C30H37N7O. The fourth-order valence-corrected chi connectivity index (χ4v) is 5.95. The number of fused-ring (bicyclic) bond motifs is 2. The third-order valence-corrected chi connectivity index (χ3v) is 7.94. The van der Waals surface area contributed by atoms with Crippen LogP contribution in [0.1, 0.15) is 57.4 Å². The summed E-state index contributed by atoms with van der Waals surface area (Å²) in [7, 11) is 1.71. The average Bonchev–Trinajstić information content (AvgIpc) is 3.35. The Kier molecular flexibility index (Phi) is 7.88. The molecule has 4 rings (SSSR count). The maximum Gasteiger partial charge on any atom is 0.248 e. The molecule has 1 heterocycles. The van der Waals surface area contributed by atoms with Crippen molar-refractivity contribution in [3.63, 3.8) is 0 Å². The zero-order chi connectivity index (χ0) is 27.4. The van der Waals surface area contributed by atoms with Crippen molar-refractivity contribution >= 4 is 17.4 Å². The summed E-state index contributed by atoms with van der Waals surface area (Å²) in [6.07, 6.45) is 3.97. The van der Waals surface area contributed by atoms with Gasteiger partial charge in [0.15, 0.2) is 0 Å². The van der Waals surface area contributed by atoms with Gasteiger partial charge >= 0.3 is 0 Å². The number of nitrogens with one attached hydrogen (secondary N) is 1. The highest BCUT2D eigenvalue weighted by Crippen LogP contribution is 2.43. The fraction of sp³-hybridized carbons (Fsp3) is 0.367. The molecule has 1 aliphatic carbocycles. The summed E-state index contributed by atoms with van der Waals surface area (Å²) >= 11 is 0. The Hall–Kier alpha value is -4.09. The number of aryl methyl sites for hydroxylation is 2. The van der Waals surface area contributed by atoms with E-state index in [4.69, 9.17) is 17.2 Å². The Morgan fingerprint density at radius 3 is 2.34 bits per heavy atom. The third-order valence-electron chi connectivity index (χ3n) is 7.94. The molecule has 198 valence electrons. The van der Waals surface area contributed by atoms with Gasteiger partial charge in [-0.3, -0.25) is 9.79 Å². The standard InChI is InChI=1S/C30H37N7O/c1-19(37-14-4-5-25(37)17-31)18-36-13-12-30(29(34)35-3)26-10-8-21(20(2)32)15-22(26)6-7-23-16-24(28(33)38)9-11-27(23)30/h8-11,15-16,25,36H,1-2,4-7,12-14,18,32H2,3H3,(H2,33,38)(H2,34,35). The van der Waals surface area contributed by atoms with E-state index in [1.807, 2.05) is 18.2 Å². The average molecular weight is 512 g/mol.